The summed E-state index contributed by atoms with van der Waals surface area (Å²) in [6.45, 7) is 1.96. The van der Waals surface area contributed by atoms with Crippen molar-refractivity contribution in [2.45, 2.75) is 13.0 Å². The first kappa shape index (κ1) is 18.8. The Kier molecular flexibility index (Phi) is 4.56. The Morgan fingerprint density at radius 1 is 1.30 bits per heavy atom. The summed E-state index contributed by atoms with van der Waals surface area (Å²) in [6, 6.07) is 8.76. The number of rotatable bonds is 3. The number of ether oxygens (including phenoxy) is 3. The Balaban J connectivity index is 1.70. The molecule has 0 aliphatic carbocycles. The Morgan fingerprint density at radius 2 is 2.13 bits per heavy atom. The standard InChI is InChI=1S/C21H16N2O5S2/c1-11-17(20(25)26-2)18(15-4-3-7-29-15)23-19(24)16(30-21(23)22-11)9-12-5-6-13-14(8-12)28-10-27-13/h3-9,18H,10H2,1-2H3/b16-9-. The highest BCUT2D eigenvalue weighted by atomic mass is 32.1. The van der Waals surface area contributed by atoms with Crippen molar-refractivity contribution in [1.29, 1.82) is 0 Å². The summed E-state index contributed by atoms with van der Waals surface area (Å²) in [5.74, 6) is 0.848. The second kappa shape index (κ2) is 7.26. The molecule has 0 saturated heterocycles. The second-order valence-electron chi connectivity index (χ2n) is 6.70. The molecule has 30 heavy (non-hydrogen) atoms. The molecule has 0 bridgehead atoms. The number of thiophene rings is 1. The van der Waals surface area contributed by atoms with Gasteiger partial charge in [-0.15, -0.1) is 11.3 Å². The first-order valence-electron chi connectivity index (χ1n) is 9.10. The maximum Gasteiger partial charge on any atom is 0.338 e. The van der Waals surface area contributed by atoms with Gasteiger partial charge in [0.25, 0.3) is 5.56 Å². The number of fused-ring (bicyclic) bond motifs is 2. The minimum Gasteiger partial charge on any atom is -0.466 e. The van der Waals surface area contributed by atoms with Crippen LogP contribution in [-0.2, 0) is 9.53 Å². The molecule has 2 aliphatic heterocycles. The predicted molar refractivity (Wildman–Crippen MR) is 113 cm³/mol. The maximum atomic E-state index is 13.4. The number of hydrogen-bond acceptors (Lipinski definition) is 8. The molecule has 7 nitrogen and oxygen atoms in total. The Bertz CT molecular complexity index is 1370. The smallest absolute Gasteiger partial charge is 0.338 e. The van der Waals surface area contributed by atoms with Gasteiger partial charge in [-0.25, -0.2) is 9.79 Å². The van der Waals surface area contributed by atoms with Gasteiger partial charge in [0.1, 0.15) is 6.04 Å². The lowest BCUT2D eigenvalue weighted by atomic mass is 10.0. The lowest BCUT2D eigenvalue weighted by Crippen LogP contribution is -2.39. The van der Waals surface area contributed by atoms with E-state index in [1.54, 1.807) is 17.6 Å². The fourth-order valence-corrected chi connectivity index (χ4v) is 5.43. The normalized spacial score (nSPS) is 17.7. The van der Waals surface area contributed by atoms with Crippen molar-refractivity contribution in [2.75, 3.05) is 13.9 Å². The van der Waals surface area contributed by atoms with E-state index in [-0.39, 0.29) is 12.4 Å². The fourth-order valence-electron chi connectivity index (χ4n) is 3.56. The largest absolute Gasteiger partial charge is 0.466 e. The molecule has 9 heteroatoms. The van der Waals surface area contributed by atoms with E-state index in [0.717, 1.165) is 10.4 Å². The molecule has 0 saturated carbocycles. The fraction of sp³-hybridized carbons (Fsp3) is 0.190. The molecule has 0 radical (unpaired) electrons. The van der Waals surface area contributed by atoms with E-state index in [1.165, 1.54) is 29.8 Å². The summed E-state index contributed by atoms with van der Waals surface area (Å²) in [4.78, 5) is 31.9. The monoisotopic (exact) mass is 440 g/mol. The summed E-state index contributed by atoms with van der Waals surface area (Å²) in [5.41, 5.74) is 1.54. The molecule has 2 aromatic heterocycles. The zero-order valence-corrected chi connectivity index (χ0v) is 17.7. The van der Waals surface area contributed by atoms with Crippen LogP contribution in [0.1, 0.15) is 23.4 Å². The highest BCUT2D eigenvalue weighted by Crippen LogP contribution is 2.34. The van der Waals surface area contributed by atoms with Gasteiger partial charge in [0, 0.05) is 4.88 Å². The van der Waals surface area contributed by atoms with Crippen molar-refractivity contribution in [3.63, 3.8) is 0 Å². The molecule has 0 amide bonds. The third kappa shape index (κ3) is 2.98. The van der Waals surface area contributed by atoms with Crippen LogP contribution in [0.5, 0.6) is 11.5 Å². The quantitative estimate of drug-likeness (QED) is 0.584. The minimum atomic E-state index is -0.562. The lowest BCUT2D eigenvalue weighted by Gasteiger charge is -2.22. The maximum absolute atomic E-state index is 13.4. The molecule has 1 unspecified atom stereocenters. The van der Waals surface area contributed by atoms with Gasteiger partial charge >= 0.3 is 5.97 Å². The van der Waals surface area contributed by atoms with E-state index in [9.17, 15) is 9.59 Å². The number of aromatic nitrogens is 1. The molecule has 0 N–H and O–H groups in total. The number of benzene rings is 1. The van der Waals surface area contributed by atoms with Gasteiger partial charge in [0.2, 0.25) is 6.79 Å². The van der Waals surface area contributed by atoms with Crippen molar-refractivity contribution < 1.29 is 19.0 Å². The number of carbonyl (C=O) groups is 1. The van der Waals surface area contributed by atoms with Crippen LogP contribution in [0, 0.1) is 0 Å². The van der Waals surface area contributed by atoms with Crippen LogP contribution in [0.4, 0.5) is 0 Å². The van der Waals surface area contributed by atoms with E-state index < -0.39 is 12.0 Å². The predicted octanol–water partition coefficient (Wildman–Crippen LogP) is 2.20. The van der Waals surface area contributed by atoms with Crippen molar-refractivity contribution in [1.82, 2.24) is 4.57 Å². The first-order valence-corrected chi connectivity index (χ1v) is 10.8. The molecule has 0 fully saturated rings. The second-order valence-corrected chi connectivity index (χ2v) is 8.69. The average molecular weight is 441 g/mol. The number of hydrogen-bond donors (Lipinski definition) is 0. The van der Waals surface area contributed by atoms with Gasteiger partial charge in [-0.3, -0.25) is 9.36 Å². The number of thiazole rings is 1. The van der Waals surface area contributed by atoms with Gasteiger partial charge < -0.3 is 14.2 Å². The molecule has 3 aromatic rings. The number of nitrogens with zero attached hydrogens (tertiary/aromatic N) is 2. The van der Waals surface area contributed by atoms with Gasteiger partial charge in [0.05, 0.1) is 22.9 Å². The minimum absolute atomic E-state index is 0.192. The average Bonchev–Trinajstić information content (AvgIpc) is 3.48. The van der Waals surface area contributed by atoms with Crippen molar-refractivity contribution in [2.24, 2.45) is 4.99 Å². The number of allylic oxidation sites excluding steroid dienone is 1. The molecule has 1 aromatic carbocycles. The Labute approximate surface area is 178 Å². The van der Waals surface area contributed by atoms with Crippen LogP contribution in [0.2, 0.25) is 0 Å². The van der Waals surface area contributed by atoms with Crippen molar-refractivity contribution >= 4 is 34.7 Å². The van der Waals surface area contributed by atoms with Crippen LogP contribution in [0.3, 0.4) is 0 Å². The Hall–Kier alpha value is -3.17. The number of carbonyl (C=O) groups excluding carboxylic acids is 1. The van der Waals surface area contributed by atoms with Gasteiger partial charge in [-0.1, -0.05) is 23.5 Å². The van der Waals surface area contributed by atoms with E-state index in [2.05, 4.69) is 4.99 Å². The third-order valence-corrected chi connectivity index (χ3v) is 6.84. The van der Waals surface area contributed by atoms with Gasteiger partial charge in [-0.05, 0) is 42.1 Å². The van der Waals surface area contributed by atoms with Crippen LogP contribution < -0.4 is 24.4 Å². The molecule has 0 spiro atoms. The molecule has 152 valence electrons. The van der Waals surface area contributed by atoms with Crippen LogP contribution >= 0.6 is 22.7 Å². The highest BCUT2D eigenvalue weighted by Gasteiger charge is 2.33. The molecule has 5 rings (SSSR count). The number of esters is 1. The number of methoxy groups -OCH3 is 1. The molecule has 1 atom stereocenters. The summed E-state index contributed by atoms with van der Waals surface area (Å²) >= 11 is 2.77. The van der Waals surface area contributed by atoms with Crippen LogP contribution in [-0.4, -0.2) is 24.4 Å². The Morgan fingerprint density at radius 3 is 2.90 bits per heavy atom. The van der Waals surface area contributed by atoms with E-state index in [0.29, 0.717) is 32.1 Å². The van der Waals surface area contributed by atoms with Gasteiger partial charge in [0.15, 0.2) is 16.3 Å². The van der Waals surface area contributed by atoms with Crippen LogP contribution in [0.15, 0.2) is 56.8 Å². The van der Waals surface area contributed by atoms with Crippen LogP contribution in [0.25, 0.3) is 6.08 Å². The van der Waals surface area contributed by atoms with E-state index >= 15 is 0 Å². The summed E-state index contributed by atoms with van der Waals surface area (Å²) in [7, 11) is 1.33. The zero-order chi connectivity index (χ0) is 20.8. The molecular formula is C21H16N2O5S2. The van der Waals surface area contributed by atoms with E-state index in [4.69, 9.17) is 14.2 Å². The molecule has 4 heterocycles. The third-order valence-electron chi connectivity index (χ3n) is 4.93. The summed E-state index contributed by atoms with van der Waals surface area (Å²) in [6.07, 6.45) is 1.80. The SMILES string of the molecule is COC(=O)C1=C(C)N=c2s/c(=C\c3ccc4c(c3)OCO4)c(=O)n2C1c1cccs1. The summed E-state index contributed by atoms with van der Waals surface area (Å²) < 4.78 is 17.9. The van der Waals surface area contributed by atoms with E-state index in [1.807, 2.05) is 35.7 Å². The molecule has 2 aliphatic rings. The highest BCUT2D eigenvalue weighted by molar-refractivity contribution is 7.10. The van der Waals surface area contributed by atoms with Crippen molar-refractivity contribution in [3.8, 4) is 11.5 Å². The lowest BCUT2D eigenvalue weighted by molar-refractivity contribution is -0.136. The first-order chi connectivity index (χ1) is 14.6. The topological polar surface area (TPSA) is 79.1 Å². The zero-order valence-electron chi connectivity index (χ0n) is 16.1. The van der Waals surface area contributed by atoms with Crippen molar-refractivity contribution in [3.05, 3.63) is 77.1 Å². The van der Waals surface area contributed by atoms with Gasteiger partial charge in [-0.2, -0.15) is 0 Å². The molecular weight excluding hydrogens is 424 g/mol. The summed E-state index contributed by atoms with van der Waals surface area (Å²) in [5, 5.41) is 1.92.